The number of hydrogen-bond donors (Lipinski definition) is 0. The SMILES string of the molecule is c1ccc(-n2c3ccccc3c3cc(-c4ccccc4-c4ccccc4-n4c5ccc(C67CC8CC(CC(C8)C6)C7)cc5c5cc(C67CC8CC(CC(C8)C6)C7)ccc54)ccc32)cc1. The van der Waals surface area contributed by atoms with E-state index in [1.807, 2.05) is 0 Å². The summed E-state index contributed by atoms with van der Waals surface area (Å²) in [5.41, 5.74) is 16.7. The van der Waals surface area contributed by atoms with Crippen LogP contribution in [0, 0.1) is 35.5 Å². The largest absolute Gasteiger partial charge is 0.309 e. The van der Waals surface area contributed by atoms with Gasteiger partial charge in [0.15, 0.2) is 0 Å². The zero-order chi connectivity index (χ0) is 41.7. The molecule has 0 atom stereocenters. The third-order valence-corrected chi connectivity index (χ3v) is 18.4. The molecular formula is C62H56N2. The van der Waals surface area contributed by atoms with Crippen LogP contribution in [0.4, 0.5) is 0 Å². The van der Waals surface area contributed by atoms with E-state index in [9.17, 15) is 0 Å². The summed E-state index contributed by atoms with van der Waals surface area (Å²) in [6.45, 7) is 0. The van der Waals surface area contributed by atoms with Gasteiger partial charge in [-0.05, 0) is 212 Å². The molecule has 8 aliphatic carbocycles. The molecule has 0 unspecified atom stereocenters. The minimum atomic E-state index is 0.361. The maximum absolute atomic E-state index is 2.72. The van der Waals surface area contributed by atoms with Crippen molar-refractivity contribution in [3.63, 3.8) is 0 Å². The van der Waals surface area contributed by atoms with Crippen molar-refractivity contribution in [2.45, 2.75) is 87.9 Å². The Balaban J connectivity index is 0.917. The van der Waals surface area contributed by atoms with Crippen LogP contribution >= 0.6 is 0 Å². The minimum Gasteiger partial charge on any atom is -0.309 e. The molecule has 0 saturated heterocycles. The molecular weight excluding hydrogens is 773 g/mol. The third-order valence-electron chi connectivity index (χ3n) is 18.4. The zero-order valence-corrected chi connectivity index (χ0v) is 36.9. The molecule has 2 heterocycles. The maximum atomic E-state index is 2.72. The molecule has 0 radical (unpaired) electrons. The molecule has 17 rings (SSSR count). The second-order valence-corrected chi connectivity index (χ2v) is 22.2. The molecule has 0 N–H and O–H groups in total. The van der Waals surface area contributed by atoms with Gasteiger partial charge in [0.1, 0.15) is 0 Å². The minimum absolute atomic E-state index is 0.361. The standard InChI is InChI=1S/C62H56N2/c1-2-10-48(11-3-1)63-56-16-8-7-15-52(56)53-30-45(18-21-58(53)63)49-12-4-5-13-50(49)51-14-6-9-17-57(51)64-59-22-19-46(61-33-39-24-40(34-61)26-41(25-39)35-61)31-54(59)55-32-47(20-23-60(55)64)62-36-42-27-43(37-62)29-44(28-42)38-62/h1-23,30-32,39-44H,24-29,33-38H2. The van der Waals surface area contributed by atoms with E-state index >= 15 is 0 Å². The van der Waals surface area contributed by atoms with Crippen molar-refractivity contribution >= 4 is 43.6 Å². The van der Waals surface area contributed by atoms with Gasteiger partial charge in [-0.2, -0.15) is 0 Å². The molecule has 0 amide bonds. The Morgan fingerprint density at radius 2 is 0.766 bits per heavy atom. The van der Waals surface area contributed by atoms with Crippen LogP contribution in [0.2, 0.25) is 0 Å². The van der Waals surface area contributed by atoms with Crippen molar-refractivity contribution in [2.24, 2.45) is 35.5 Å². The van der Waals surface area contributed by atoms with Crippen molar-refractivity contribution in [3.8, 4) is 33.6 Å². The van der Waals surface area contributed by atoms with Crippen molar-refractivity contribution in [3.05, 3.63) is 169 Å². The van der Waals surface area contributed by atoms with E-state index in [1.165, 1.54) is 154 Å². The lowest BCUT2D eigenvalue weighted by atomic mass is 9.48. The lowest BCUT2D eigenvalue weighted by Gasteiger charge is -2.57. The molecule has 314 valence electrons. The van der Waals surface area contributed by atoms with Crippen molar-refractivity contribution in [2.75, 3.05) is 0 Å². The molecule has 8 aliphatic rings. The van der Waals surface area contributed by atoms with E-state index in [0.29, 0.717) is 10.8 Å². The first-order chi connectivity index (χ1) is 31.5. The van der Waals surface area contributed by atoms with Gasteiger partial charge >= 0.3 is 0 Å². The molecule has 2 heteroatoms. The maximum Gasteiger partial charge on any atom is 0.0541 e. The second kappa shape index (κ2) is 13.4. The molecule has 8 bridgehead atoms. The first kappa shape index (κ1) is 36.5. The monoisotopic (exact) mass is 828 g/mol. The average molecular weight is 829 g/mol. The van der Waals surface area contributed by atoms with E-state index in [0.717, 1.165) is 35.5 Å². The third kappa shape index (κ3) is 5.26. The highest BCUT2D eigenvalue weighted by Gasteiger charge is 2.53. The number of para-hydroxylation sites is 3. The molecule has 2 aromatic heterocycles. The number of nitrogens with zero attached hydrogens (tertiary/aromatic N) is 2. The van der Waals surface area contributed by atoms with Crippen LogP contribution in [0.25, 0.3) is 77.2 Å². The summed E-state index contributed by atoms with van der Waals surface area (Å²) < 4.78 is 5.07. The molecule has 0 spiro atoms. The zero-order valence-electron chi connectivity index (χ0n) is 36.9. The van der Waals surface area contributed by atoms with Gasteiger partial charge in [0.05, 0.1) is 27.8 Å². The highest BCUT2D eigenvalue weighted by Crippen LogP contribution is 2.63. The molecule has 8 saturated carbocycles. The molecule has 9 aromatic rings. The van der Waals surface area contributed by atoms with E-state index in [4.69, 9.17) is 0 Å². The summed E-state index contributed by atoms with van der Waals surface area (Å²) in [4.78, 5) is 0. The Hall–Kier alpha value is -5.86. The van der Waals surface area contributed by atoms with E-state index in [2.05, 4.69) is 167 Å². The van der Waals surface area contributed by atoms with Gasteiger partial charge in [-0.15, -0.1) is 0 Å². The second-order valence-electron chi connectivity index (χ2n) is 22.2. The Morgan fingerprint density at radius 3 is 1.36 bits per heavy atom. The highest BCUT2D eigenvalue weighted by molar-refractivity contribution is 6.12. The fraction of sp³-hybridized carbons (Fsp3) is 0.323. The van der Waals surface area contributed by atoms with E-state index in [-0.39, 0.29) is 0 Å². The number of aromatic nitrogens is 2. The Labute approximate surface area is 376 Å². The Morgan fingerprint density at radius 1 is 0.328 bits per heavy atom. The fourth-order valence-corrected chi connectivity index (χ4v) is 16.7. The van der Waals surface area contributed by atoms with Crippen LogP contribution in [0.5, 0.6) is 0 Å². The van der Waals surface area contributed by atoms with Gasteiger partial charge in [-0.1, -0.05) is 97.1 Å². The van der Waals surface area contributed by atoms with Gasteiger partial charge in [0, 0.05) is 32.8 Å². The van der Waals surface area contributed by atoms with Gasteiger partial charge in [-0.25, -0.2) is 0 Å². The summed E-state index contributed by atoms with van der Waals surface area (Å²) in [7, 11) is 0. The predicted molar refractivity (Wildman–Crippen MR) is 266 cm³/mol. The van der Waals surface area contributed by atoms with Crippen LogP contribution in [-0.2, 0) is 10.8 Å². The molecule has 64 heavy (non-hydrogen) atoms. The molecule has 7 aromatic carbocycles. The summed E-state index contributed by atoms with van der Waals surface area (Å²) in [6.07, 6.45) is 17.3. The van der Waals surface area contributed by atoms with Crippen LogP contribution < -0.4 is 0 Å². The van der Waals surface area contributed by atoms with Crippen LogP contribution in [0.15, 0.2) is 158 Å². The summed E-state index contributed by atoms with van der Waals surface area (Å²) in [5.74, 6) is 5.59. The molecule has 0 aliphatic heterocycles. The lowest BCUT2D eigenvalue weighted by molar-refractivity contribution is -0.00528. The summed E-state index contributed by atoms with van der Waals surface area (Å²) in [5, 5.41) is 5.51. The van der Waals surface area contributed by atoms with E-state index in [1.54, 1.807) is 11.1 Å². The van der Waals surface area contributed by atoms with Gasteiger partial charge in [0.25, 0.3) is 0 Å². The number of benzene rings is 7. The van der Waals surface area contributed by atoms with Crippen LogP contribution in [0.3, 0.4) is 0 Å². The number of hydrogen-bond acceptors (Lipinski definition) is 0. The quantitative estimate of drug-likeness (QED) is 0.158. The van der Waals surface area contributed by atoms with E-state index < -0.39 is 0 Å². The topological polar surface area (TPSA) is 9.86 Å². The van der Waals surface area contributed by atoms with Gasteiger partial charge in [0.2, 0.25) is 0 Å². The highest BCUT2D eigenvalue weighted by atomic mass is 15.0. The molecule has 2 nitrogen and oxygen atoms in total. The van der Waals surface area contributed by atoms with Crippen molar-refractivity contribution in [1.82, 2.24) is 9.13 Å². The predicted octanol–water partition coefficient (Wildman–Crippen LogP) is 16.2. The Kier molecular flexibility index (Phi) is 7.61. The molecule has 8 fully saturated rings. The first-order valence-electron chi connectivity index (χ1n) is 24.9. The van der Waals surface area contributed by atoms with Crippen molar-refractivity contribution in [1.29, 1.82) is 0 Å². The average Bonchev–Trinajstić information content (AvgIpc) is 3.83. The fourth-order valence-electron chi connectivity index (χ4n) is 16.7. The number of fused-ring (bicyclic) bond motifs is 6. The first-order valence-corrected chi connectivity index (χ1v) is 24.9. The van der Waals surface area contributed by atoms with Crippen LogP contribution in [0.1, 0.15) is 88.2 Å². The normalized spacial score (nSPS) is 28.9. The van der Waals surface area contributed by atoms with Gasteiger partial charge in [-0.3, -0.25) is 0 Å². The lowest BCUT2D eigenvalue weighted by Crippen LogP contribution is -2.48. The van der Waals surface area contributed by atoms with Crippen molar-refractivity contribution < 1.29 is 0 Å². The number of rotatable bonds is 6. The van der Waals surface area contributed by atoms with Gasteiger partial charge < -0.3 is 9.13 Å². The Bertz CT molecular complexity index is 3180. The smallest absolute Gasteiger partial charge is 0.0541 e. The summed E-state index contributed by atoms with van der Waals surface area (Å²) >= 11 is 0. The summed E-state index contributed by atoms with van der Waals surface area (Å²) in [6, 6.07) is 61.0. The van der Waals surface area contributed by atoms with Crippen LogP contribution in [-0.4, -0.2) is 9.13 Å².